The first-order valence-electron chi connectivity index (χ1n) is 5.96. The standard InChI is InChI=1S/C16H16N2/c1-13-8-10-14(11-9-13)16(2,12-17)18-15-6-4-3-5-7-15/h3-11,18H,1-2H3/t16-/m1/s1. The number of nitriles is 1. The molecule has 0 amide bonds. The highest BCUT2D eigenvalue weighted by molar-refractivity contribution is 5.50. The van der Waals surface area contributed by atoms with Gasteiger partial charge in [-0.3, -0.25) is 0 Å². The van der Waals surface area contributed by atoms with E-state index in [1.807, 2.05) is 68.4 Å². The van der Waals surface area contributed by atoms with E-state index < -0.39 is 5.54 Å². The van der Waals surface area contributed by atoms with Gasteiger partial charge in [-0.25, -0.2) is 0 Å². The average molecular weight is 236 g/mol. The molecule has 2 aromatic carbocycles. The summed E-state index contributed by atoms with van der Waals surface area (Å²) in [5, 5.41) is 12.7. The Morgan fingerprint density at radius 1 is 1.00 bits per heavy atom. The highest BCUT2D eigenvalue weighted by atomic mass is 15.0. The van der Waals surface area contributed by atoms with Crippen LogP contribution in [0.1, 0.15) is 18.1 Å². The maximum absolute atomic E-state index is 9.46. The minimum absolute atomic E-state index is 0.713. The predicted octanol–water partition coefficient (Wildman–Crippen LogP) is 3.85. The molecule has 0 spiro atoms. The van der Waals surface area contributed by atoms with E-state index in [2.05, 4.69) is 11.4 Å². The van der Waals surface area contributed by atoms with Gasteiger partial charge in [0.15, 0.2) is 0 Å². The molecule has 2 aromatic rings. The Morgan fingerprint density at radius 3 is 2.17 bits per heavy atom. The molecule has 2 rings (SSSR count). The molecule has 0 aliphatic rings. The van der Waals surface area contributed by atoms with Crippen LogP contribution < -0.4 is 5.32 Å². The molecule has 1 N–H and O–H groups in total. The molecule has 2 nitrogen and oxygen atoms in total. The molecule has 0 saturated carbocycles. The van der Waals surface area contributed by atoms with Gasteiger partial charge in [0.2, 0.25) is 0 Å². The average Bonchev–Trinajstić information content (AvgIpc) is 2.40. The highest BCUT2D eigenvalue weighted by Gasteiger charge is 2.25. The Morgan fingerprint density at radius 2 is 1.61 bits per heavy atom. The van der Waals surface area contributed by atoms with E-state index in [1.165, 1.54) is 5.56 Å². The summed E-state index contributed by atoms with van der Waals surface area (Å²) in [4.78, 5) is 0. The molecule has 0 aromatic heterocycles. The van der Waals surface area contributed by atoms with Crippen LogP contribution in [-0.4, -0.2) is 0 Å². The van der Waals surface area contributed by atoms with Gasteiger partial charge < -0.3 is 5.32 Å². The summed E-state index contributed by atoms with van der Waals surface area (Å²) in [5.41, 5.74) is 2.40. The number of para-hydroxylation sites is 1. The number of benzene rings is 2. The molecule has 18 heavy (non-hydrogen) atoms. The third kappa shape index (κ3) is 2.52. The maximum Gasteiger partial charge on any atom is 0.148 e. The maximum atomic E-state index is 9.46. The van der Waals surface area contributed by atoms with Crippen LogP contribution in [0.2, 0.25) is 0 Å². The number of hydrogen-bond acceptors (Lipinski definition) is 2. The summed E-state index contributed by atoms with van der Waals surface area (Å²) < 4.78 is 0. The predicted molar refractivity (Wildman–Crippen MR) is 74.2 cm³/mol. The first-order valence-corrected chi connectivity index (χ1v) is 5.96. The quantitative estimate of drug-likeness (QED) is 0.878. The van der Waals surface area contributed by atoms with Gasteiger partial charge >= 0.3 is 0 Å². The van der Waals surface area contributed by atoms with Gasteiger partial charge in [-0.1, -0.05) is 48.0 Å². The zero-order valence-corrected chi connectivity index (χ0v) is 10.6. The molecular weight excluding hydrogens is 220 g/mol. The molecule has 2 heteroatoms. The molecule has 0 fully saturated rings. The first-order chi connectivity index (χ1) is 8.64. The zero-order valence-electron chi connectivity index (χ0n) is 10.6. The summed E-state index contributed by atoms with van der Waals surface area (Å²) in [7, 11) is 0. The lowest BCUT2D eigenvalue weighted by atomic mass is 9.92. The van der Waals surface area contributed by atoms with Crippen molar-refractivity contribution in [2.24, 2.45) is 0 Å². The van der Waals surface area contributed by atoms with Crippen molar-refractivity contribution in [3.63, 3.8) is 0 Å². The third-order valence-electron chi connectivity index (χ3n) is 3.02. The lowest BCUT2D eigenvalue weighted by molar-refractivity contribution is 0.706. The number of aryl methyl sites for hydroxylation is 1. The number of rotatable bonds is 3. The first kappa shape index (κ1) is 12.2. The summed E-state index contributed by atoms with van der Waals surface area (Å²) in [5.74, 6) is 0. The van der Waals surface area contributed by atoms with E-state index >= 15 is 0 Å². The smallest absolute Gasteiger partial charge is 0.148 e. The topological polar surface area (TPSA) is 35.8 Å². The molecular formula is C16H16N2. The number of anilines is 1. The molecule has 0 aliphatic carbocycles. The van der Waals surface area contributed by atoms with Crippen molar-refractivity contribution in [2.45, 2.75) is 19.4 Å². The van der Waals surface area contributed by atoms with Crippen LogP contribution in [0.3, 0.4) is 0 Å². The van der Waals surface area contributed by atoms with Crippen molar-refractivity contribution < 1.29 is 0 Å². The van der Waals surface area contributed by atoms with Crippen LogP contribution in [0.15, 0.2) is 54.6 Å². The van der Waals surface area contributed by atoms with Gasteiger partial charge in [-0.2, -0.15) is 5.26 Å². The van der Waals surface area contributed by atoms with Crippen LogP contribution in [-0.2, 0) is 5.54 Å². The Balaban J connectivity index is 2.32. The minimum Gasteiger partial charge on any atom is -0.364 e. The monoisotopic (exact) mass is 236 g/mol. The van der Waals surface area contributed by atoms with Crippen LogP contribution in [0.25, 0.3) is 0 Å². The minimum atomic E-state index is -0.713. The second kappa shape index (κ2) is 4.93. The van der Waals surface area contributed by atoms with Gasteiger partial charge in [0, 0.05) is 5.69 Å². The molecule has 0 heterocycles. The van der Waals surface area contributed by atoms with Gasteiger partial charge in [-0.05, 0) is 31.5 Å². The highest BCUT2D eigenvalue weighted by Crippen LogP contribution is 2.25. The second-order valence-corrected chi connectivity index (χ2v) is 4.59. The third-order valence-corrected chi connectivity index (χ3v) is 3.02. The van der Waals surface area contributed by atoms with Gasteiger partial charge in [0.1, 0.15) is 5.54 Å². The number of hydrogen-bond donors (Lipinski definition) is 1. The van der Waals surface area contributed by atoms with E-state index in [9.17, 15) is 5.26 Å². The fourth-order valence-electron chi connectivity index (χ4n) is 1.86. The summed E-state index contributed by atoms with van der Waals surface area (Å²) in [6, 6.07) is 20.2. The largest absolute Gasteiger partial charge is 0.364 e. The van der Waals surface area contributed by atoms with Crippen LogP contribution in [0.5, 0.6) is 0 Å². The Bertz CT molecular complexity index is 552. The Kier molecular flexibility index (Phi) is 3.34. The van der Waals surface area contributed by atoms with Crippen molar-refractivity contribution in [3.05, 3.63) is 65.7 Å². The number of nitrogens with zero attached hydrogens (tertiary/aromatic N) is 1. The fourth-order valence-corrected chi connectivity index (χ4v) is 1.86. The van der Waals surface area contributed by atoms with E-state index in [0.717, 1.165) is 11.3 Å². The Hall–Kier alpha value is -2.27. The molecule has 0 saturated heterocycles. The van der Waals surface area contributed by atoms with Crippen molar-refractivity contribution in [3.8, 4) is 6.07 Å². The lowest BCUT2D eigenvalue weighted by Crippen LogP contribution is -2.29. The van der Waals surface area contributed by atoms with E-state index in [1.54, 1.807) is 0 Å². The van der Waals surface area contributed by atoms with Gasteiger partial charge in [0.25, 0.3) is 0 Å². The normalized spacial score (nSPS) is 13.4. The molecule has 0 radical (unpaired) electrons. The van der Waals surface area contributed by atoms with Crippen LogP contribution >= 0.6 is 0 Å². The van der Waals surface area contributed by atoms with Crippen LogP contribution in [0.4, 0.5) is 5.69 Å². The summed E-state index contributed by atoms with van der Waals surface area (Å²) in [6.07, 6.45) is 0. The van der Waals surface area contributed by atoms with Crippen molar-refractivity contribution >= 4 is 5.69 Å². The van der Waals surface area contributed by atoms with Gasteiger partial charge in [0.05, 0.1) is 6.07 Å². The molecule has 0 bridgehead atoms. The lowest BCUT2D eigenvalue weighted by Gasteiger charge is -2.25. The van der Waals surface area contributed by atoms with E-state index in [0.29, 0.717) is 0 Å². The fraction of sp³-hybridized carbons (Fsp3) is 0.188. The van der Waals surface area contributed by atoms with Crippen LogP contribution in [0, 0.1) is 18.3 Å². The molecule has 0 aliphatic heterocycles. The second-order valence-electron chi connectivity index (χ2n) is 4.59. The summed E-state index contributed by atoms with van der Waals surface area (Å²) in [6.45, 7) is 3.93. The Labute approximate surface area is 108 Å². The van der Waals surface area contributed by atoms with E-state index in [4.69, 9.17) is 0 Å². The zero-order chi connectivity index (χ0) is 13.0. The number of nitrogens with one attached hydrogen (secondary N) is 1. The van der Waals surface area contributed by atoms with Gasteiger partial charge in [-0.15, -0.1) is 0 Å². The summed E-state index contributed by atoms with van der Waals surface area (Å²) >= 11 is 0. The SMILES string of the molecule is Cc1ccc([C@@](C)(C#N)Nc2ccccc2)cc1. The van der Waals surface area contributed by atoms with Crippen molar-refractivity contribution in [1.29, 1.82) is 5.26 Å². The van der Waals surface area contributed by atoms with Crippen molar-refractivity contribution in [1.82, 2.24) is 0 Å². The molecule has 0 unspecified atom stereocenters. The molecule has 1 atom stereocenters. The molecule has 90 valence electrons. The van der Waals surface area contributed by atoms with E-state index in [-0.39, 0.29) is 0 Å². The van der Waals surface area contributed by atoms with Crippen molar-refractivity contribution in [2.75, 3.05) is 5.32 Å².